The van der Waals surface area contributed by atoms with Crippen LogP contribution >= 0.6 is 0 Å². The molecule has 1 aromatic carbocycles. The van der Waals surface area contributed by atoms with E-state index in [9.17, 15) is 9.59 Å². The second-order valence-corrected chi connectivity index (χ2v) is 5.81. The highest BCUT2D eigenvalue weighted by Crippen LogP contribution is 2.26. The summed E-state index contributed by atoms with van der Waals surface area (Å²) < 4.78 is 0. The normalized spacial score (nSPS) is 15.9. The summed E-state index contributed by atoms with van der Waals surface area (Å²) in [6.07, 6.45) is 1.50. The van der Waals surface area contributed by atoms with E-state index in [-0.39, 0.29) is 24.3 Å². The minimum absolute atomic E-state index is 0.00794. The second-order valence-electron chi connectivity index (χ2n) is 5.81. The summed E-state index contributed by atoms with van der Waals surface area (Å²) in [6.45, 7) is 3.92. The predicted octanol–water partition coefficient (Wildman–Crippen LogP) is 1.87. The van der Waals surface area contributed by atoms with Crippen LogP contribution in [0, 0.1) is 17.8 Å². The van der Waals surface area contributed by atoms with Gasteiger partial charge >= 0.3 is 5.97 Å². The zero-order chi connectivity index (χ0) is 14.7. The summed E-state index contributed by atoms with van der Waals surface area (Å²) >= 11 is 0. The zero-order valence-corrected chi connectivity index (χ0v) is 11.9. The van der Waals surface area contributed by atoms with Gasteiger partial charge in [-0.1, -0.05) is 38.1 Å². The average Bonchev–Trinajstić information content (AvgIpc) is 2.81. The number of fused-ring (bicyclic) bond motifs is 1. The van der Waals surface area contributed by atoms with E-state index in [1.807, 2.05) is 26.0 Å². The Morgan fingerprint density at radius 2 is 1.80 bits per heavy atom. The van der Waals surface area contributed by atoms with Gasteiger partial charge in [-0.05, 0) is 29.9 Å². The number of amides is 1. The molecule has 108 valence electrons. The van der Waals surface area contributed by atoms with Crippen molar-refractivity contribution in [2.24, 2.45) is 17.8 Å². The molecule has 1 aliphatic rings. The number of hydrogen-bond donors (Lipinski definition) is 2. The Kier molecular flexibility index (Phi) is 4.42. The number of nitrogens with one attached hydrogen (secondary N) is 1. The van der Waals surface area contributed by atoms with E-state index in [0.29, 0.717) is 0 Å². The number of benzene rings is 1. The van der Waals surface area contributed by atoms with E-state index < -0.39 is 11.9 Å². The fraction of sp³-hybridized carbons (Fsp3) is 0.500. The summed E-state index contributed by atoms with van der Waals surface area (Å²) in [7, 11) is 0. The third kappa shape index (κ3) is 3.18. The number of carboxylic acids is 1. The largest absolute Gasteiger partial charge is 0.481 e. The van der Waals surface area contributed by atoms with Crippen LogP contribution in [0.2, 0.25) is 0 Å². The molecule has 2 rings (SSSR count). The molecule has 0 saturated carbocycles. The summed E-state index contributed by atoms with van der Waals surface area (Å²) in [6, 6.07) is 8.07. The number of carbonyl (C=O) groups is 2. The van der Waals surface area contributed by atoms with Gasteiger partial charge in [-0.25, -0.2) is 0 Å². The molecule has 4 nitrogen and oxygen atoms in total. The number of carbonyl (C=O) groups excluding carboxylic acids is 1. The molecular weight excluding hydrogens is 254 g/mol. The Hall–Kier alpha value is -1.84. The van der Waals surface area contributed by atoms with Gasteiger partial charge in [0, 0.05) is 12.5 Å². The van der Waals surface area contributed by atoms with Crippen molar-refractivity contribution >= 4 is 11.9 Å². The van der Waals surface area contributed by atoms with Crippen molar-refractivity contribution in [2.75, 3.05) is 6.54 Å². The lowest BCUT2D eigenvalue weighted by atomic mass is 9.95. The molecule has 20 heavy (non-hydrogen) atoms. The molecule has 0 heterocycles. The van der Waals surface area contributed by atoms with Gasteiger partial charge < -0.3 is 10.4 Å². The van der Waals surface area contributed by atoms with Gasteiger partial charge in [0.25, 0.3) is 0 Å². The topological polar surface area (TPSA) is 66.4 Å². The fourth-order valence-electron chi connectivity index (χ4n) is 2.71. The van der Waals surface area contributed by atoms with Crippen molar-refractivity contribution in [1.29, 1.82) is 0 Å². The lowest BCUT2D eigenvalue weighted by Crippen LogP contribution is -2.38. The smallest absolute Gasteiger partial charge is 0.308 e. The van der Waals surface area contributed by atoms with Crippen LogP contribution in [0.15, 0.2) is 24.3 Å². The minimum Gasteiger partial charge on any atom is -0.481 e. The van der Waals surface area contributed by atoms with Gasteiger partial charge in [0.2, 0.25) is 5.91 Å². The van der Waals surface area contributed by atoms with Crippen LogP contribution in [0.3, 0.4) is 0 Å². The summed E-state index contributed by atoms with van der Waals surface area (Å²) in [4.78, 5) is 23.3. The van der Waals surface area contributed by atoms with Crippen LogP contribution in [0.5, 0.6) is 0 Å². The maximum absolute atomic E-state index is 12.2. The number of rotatable bonds is 5. The number of aliphatic carboxylic acids is 1. The van der Waals surface area contributed by atoms with E-state index in [0.717, 1.165) is 12.8 Å². The third-order valence-corrected chi connectivity index (χ3v) is 4.04. The SMILES string of the molecule is CC(C)C(CNC(=O)C1Cc2ccccc2C1)C(=O)O. The van der Waals surface area contributed by atoms with Crippen molar-refractivity contribution in [3.63, 3.8) is 0 Å². The van der Waals surface area contributed by atoms with E-state index >= 15 is 0 Å². The first-order valence-electron chi connectivity index (χ1n) is 7.06. The Morgan fingerprint density at radius 1 is 1.25 bits per heavy atom. The Balaban J connectivity index is 1.90. The average molecular weight is 275 g/mol. The van der Waals surface area contributed by atoms with Crippen molar-refractivity contribution in [1.82, 2.24) is 5.32 Å². The van der Waals surface area contributed by atoms with Crippen molar-refractivity contribution in [3.8, 4) is 0 Å². The highest BCUT2D eigenvalue weighted by molar-refractivity contribution is 5.81. The minimum atomic E-state index is -0.852. The maximum atomic E-state index is 12.2. The van der Waals surface area contributed by atoms with Crippen LogP contribution in [0.25, 0.3) is 0 Å². The van der Waals surface area contributed by atoms with Crippen molar-refractivity contribution < 1.29 is 14.7 Å². The number of hydrogen-bond acceptors (Lipinski definition) is 2. The molecule has 0 radical (unpaired) electrons. The molecule has 0 aliphatic heterocycles. The van der Waals surface area contributed by atoms with Crippen LogP contribution in [0.1, 0.15) is 25.0 Å². The first-order valence-corrected chi connectivity index (χ1v) is 7.06. The molecule has 1 unspecified atom stereocenters. The van der Waals surface area contributed by atoms with Gasteiger partial charge in [0.1, 0.15) is 0 Å². The Bertz CT molecular complexity index is 485. The van der Waals surface area contributed by atoms with Crippen molar-refractivity contribution in [2.45, 2.75) is 26.7 Å². The summed E-state index contributed by atoms with van der Waals surface area (Å²) in [5, 5.41) is 11.9. The zero-order valence-electron chi connectivity index (χ0n) is 11.9. The molecule has 0 saturated heterocycles. The van der Waals surface area contributed by atoms with Crippen LogP contribution in [-0.4, -0.2) is 23.5 Å². The monoisotopic (exact) mass is 275 g/mol. The fourth-order valence-corrected chi connectivity index (χ4v) is 2.71. The highest BCUT2D eigenvalue weighted by Gasteiger charge is 2.28. The van der Waals surface area contributed by atoms with Gasteiger partial charge in [0.15, 0.2) is 0 Å². The summed E-state index contributed by atoms with van der Waals surface area (Å²) in [5.41, 5.74) is 2.46. The number of carboxylic acid groups (broad SMARTS) is 1. The molecule has 1 aliphatic carbocycles. The molecule has 1 aromatic rings. The molecule has 0 fully saturated rings. The molecule has 2 N–H and O–H groups in total. The lowest BCUT2D eigenvalue weighted by molar-refractivity contribution is -0.143. The maximum Gasteiger partial charge on any atom is 0.308 e. The quantitative estimate of drug-likeness (QED) is 0.862. The first kappa shape index (κ1) is 14.6. The van der Waals surface area contributed by atoms with Crippen LogP contribution in [-0.2, 0) is 22.4 Å². The van der Waals surface area contributed by atoms with Crippen LogP contribution in [0.4, 0.5) is 0 Å². The molecule has 0 spiro atoms. The first-order chi connectivity index (χ1) is 9.49. The van der Waals surface area contributed by atoms with Crippen LogP contribution < -0.4 is 5.32 Å². The Morgan fingerprint density at radius 3 is 2.25 bits per heavy atom. The van der Waals surface area contributed by atoms with E-state index in [1.54, 1.807) is 0 Å². The molecule has 0 bridgehead atoms. The molecule has 1 amide bonds. The second kappa shape index (κ2) is 6.07. The highest BCUT2D eigenvalue weighted by atomic mass is 16.4. The van der Waals surface area contributed by atoms with E-state index in [2.05, 4.69) is 17.4 Å². The van der Waals surface area contributed by atoms with E-state index in [1.165, 1.54) is 11.1 Å². The van der Waals surface area contributed by atoms with Gasteiger partial charge in [-0.3, -0.25) is 9.59 Å². The Labute approximate surface area is 119 Å². The third-order valence-electron chi connectivity index (χ3n) is 4.04. The van der Waals surface area contributed by atoms with Gasteiger partial charge in [0.05, 0.1) is 5.92 Å². The molecule has 1 atom stereocenters. The van der Waals surface area contributed by atoms with Crippen molar-refractivity contribution in [3.05, 3.63) is 35.4 Å². The molecular formula is C16H21NO3. The van der Waals surface area contributed by atoms with Gasteiger partial charge in [-0.2, -0.15) is 0 Å². The summed E-state index contributed by atoms with van der Waals surface area (Å²) in [5.74, 6) is -1.46. The van der Waals surface area contributed by atoms with E-state index in [4.69, 9.17) is 5.11 Å². The standard InChI is InChI=1S/C16H21NO3/c1-10(2)14(16(19)20)9-17-15(18)13-7-11-5-3-4-6-12(11)8-13/h3-6,10,13-14H,7-9H2,1-2H3,(H,17,18)(H,19,20). The lowest BCUT2D eigenvalue weighted by Gasteiger charge is -2.18. The predicted molar refractivity (Wildman–Crippen MR) is 76.3 cm³/mol. The molecule has 0 aromatic heterocycles. The van der Waals surface area contributed by atoms with Gasteiger partial charge in [-0.15, -0.1) is 0 Å². The molecule has 4 heteroatoms.